The number of nitrogens with zero attached hydrogens (tertiary/aromatic N) is 2. The van der Waals surface area contributed by atoms with Crippen molar-refractivity contribution in [2.45, 2.75) is 24.5 Å². The van der Waals surface area contributed by atoms with Crippen LogP contribution in [0.2, 0.25) is 15.1 Å². The molecule has 0 saturated heterocycles. The van der Waals surface area contributed by atoms with Crippen molar-refractivity contribution in [1.82, 2.24) is 9.62 Å². The third-order valence-corrected chi connectivity index (χ3v) is 8.32. The lowest BCUT2D eigenvalue weighted by atomic mass is 10.2. The summed E-state index contributed by atoms with van der Waals surface area (Å²) in [6, 6.07) is 24.7. The fourth-order valence-electron chi connectivity index (χ4n) is 3.68. The van der Waals surface area contributed by atoms with Crippen LogP contribution < -0.4 is 5.32 Å². The van der Waals surface area contributed by atoms with Gasteiger partial charge in [0.05, 0.1) is 11.4 Å². The molecule has 1 aromatic heterocycles. The number of hydrogen-bond acceptors (Lipinski definition) is 5. The predicted molar refractivity (Wildman–Crippen MR) is 155 cm³/mol. The Morgan fingerprint density at radius 2 is 1.38 bits per heavy atom. The molecule has 11 heteroatoms. The molecule has 4 rings (SSSR count). The normalized spacial score (nSPS) is 11.8. The minimum Gasteiger partial charge on any atom is -0.460 e. The van der Waals surface area contributed by atoms with Crippen LogP contribution in [0.5, 0.6) is 0 Å². The lowest BCUT2D eigenvalue weighted by molar-refractivity contribution is -0.117. The molecule has 0 saturated carbocycles. The van der Waals surface area contributed by atoms with Crippen LogP contribution in [-0.2, 0) is 34.5 Å². The van der Waals surface area contributed by atoms with Crippen LogP contribution in [-0.4, -0.2) is 18.6 Å². The van der Waals surface area contributed by atoms with E-state index in [1.807, 2.05) is 6.07 Å². The zero-order chi connectivity index (χ0) is 28.7. The smallest absolute Gasteiger partial charge is 0.262 e. The summed E-state index contributed by atoms with van der Waals surface area (Å²) in [4.78, 5) is 12.6. The van der Waals surface area contributed by atoms with Gasteiger partial charge in [-0.3, -0.25) is 4.79 Å². The SMILES string of the molecule is N#C/C(=C/c1ccc(CN(Cc2ccc(Cl)cc2)S(=O)(=O)c2ccc(Cl)cc2)o1)C(=O)NCc1ccc(Cl)cc1. The van der Waals surface area contributed by atoms with Crippen LogP contribution in [0.4, 0.5) is 0 Å². The van der Waals surface area contributed by atoms with Gasteiger partial charge in [0.1, 0.15) is 23.2 Å². The van der Waals surface area contributed by atoms with Crippen LogP contribution in [0.15, 0.2) is 99.8 Å². The highest BCUT2D eigenvalue weighted by atomic mass is 35.5. The van der Waals surface area contributed by atoms with E-state index in [9.17, 15) is 18.5 Å². The second kappa shape index (κ2) is 13.2. The first-order valence-electron chi connectivity index (χ1n) is 11.9. The molecule has 1 amide bonds. The van der Waals surface area contributed by atoms with E-state index in [1.165, 1.54) is 34.6 Å². The van der Waals surface area contributed by atoms with E-state index in [0.29, 0.717) is 20.8 Å². The van der Waals surface area contributed by atoms with Gasteiger partial charge in [-0.15, -0.1) is 0 Å². The molecule has 0 spiro atoms. The lowest BCUT2D eigenvalue weighted by Gasteiger charge is -2.21. The Hall–Kier alpha value is -3.58. The third-order valence-electron chi connectivity index (χ3n) is 5.76. The van der Waals surface area contributed by atoms with Crippen molar-refractivity contribution in [3.8, 4) is 6.07 Å². The maximum absolute atomic E-state index is 13.5. The number of halogens is 3. The quantitative estimate of drug-likeness (QED) is 0.155. The molecule has 7 nitrogen and oxygen atoms in total. The maximum Gasteiger partial charge on any atom is 0.262 e. The van der Waals surface area contributed by atoms with Crippen molar-refractivity contribution in [2.24, 2.45) is 0 Å². The molecule has 0 atom stereocenters. The van der Waals surface area contributed by atoms with Gasteiger partial charge in [0, 0.05) is 34.2 Å². The molecule has 0 unspecified atom stereocenters. The largest absolute Gasteiger partial charge is 0.460 e. The Kier molecular flexibility index (Phi) is 9.69. The molecule has 40 heavy (non-hydrogen) atoms. The van der Waals surface area contributed by atoms with Gasteiger partial charge < -0.3 is 9.73 Å². The van der Waals surface area contributed by atoms with Crippen molar-refractivity contribution in [3.63, 3.8) is 0 Å². The second-order valence-corrected chi connectivity index (χ2v) is 11.9. The van der Waals surface area contributed by atoms with Gasteiger partial charge >= 0.3 is 0 Å². The Morgan fingerprint density at radius 3 is 1.95 bits per heavy atom. The summed E-state index contributed by atoms with van der Waals surface area (Å²) in [5.41, 5.74) is 1.37. The highest BCUT2D eigenvalue weighted by molar-refractivity contribution is 7.89. The van der Waals surface area contributed by atoms with Gasteiger partial charge in [-0.25, -0.2) is 8.42 Å². The number of benzene rings is 3. The van der Waals surface area contributed by atoms with Crippen LogP contribution in [0, 0.1) is 11.3 Å². The molecule has 1 N–H and O–H groups in total. The Morgan fingerprint density at radius 1 is 0.825 bits per heavy atom. The number of rotatable bonds is 10. The highest BCUT2D eigenvalue weighted by Gasteiger charge is 2.26. The minimum atomic E-state index is -3.95. The predicted octanol–water partition coefficient (Wildman–Crippen LogP) is 6.85. The first kappa shape index (κ1) is 29.4. The van der Waals surface area contributed by atoms with Crippen LogP contribution in [0.3, 0.4) is 0 Å². The highest BCUT2D eigenvalue weighted by Crippen LogP contribution is 2.24. The summed E-state index contributed by atoms with van der Waals surface area (Å²) >= 11 is 17.8. The molecular weight excluding hydrogens is 593 g/mol. The molecule has 4 aromatic rings. The number of carbonyl (C=O) groups excluding carboxylic acids is 1. The molecule has 0 fully saturated rings. The van der Waals surface area contributed by atoms with Crippen LogP contribution in [0.1, 0.15) is 22.6 Å². The number of hydrogen-bond donors (Lipinski definition) is 1. The summed E-state index contributed by atoms with van der Waals surface area (Å²) in [6.45, 7) is 0.150. The molecule has 204 valence electrons. The average Bonchev–Trinajstić information content (AvgIpc) is 3.39. The first-order valence-corrected chi connectivity index (χ1v) is 14.4. The average molecular weight is 615 g/mol. The van der Waals surface area contributed by atoms with Gasteiger partial charge in [0.2, 0.25) is 10.0 Å². The summed E-state index contributed by atoms with van der Waals surface area (Å²) in [6.07, 6.45) is 1.30. The molecular formula is C29H22Cl3N3O4S. The first-order chi connectivity index (χ1) is 19.1. The molecule has 0 aliphatic heterocycles. The van der Waals surface area contributed by atoms with Gasteiger partial charge in [0.25, 0.3) is 5.91 Å². The van der Waals surface area contributed by atoms with E-state index in [-0.39, 0.29) is 35.9 Å². The number of nitrogens with one attached hydrogen (secondary N) is 1. The van der Waals surface area contributed by atoms with Gasteiger partial charge in [0.15, 0.2) is 0 Å². The Labute approximate surface area is 247 Å². The van der Waals surface area contributed by atoms with Crippen LogP contribution >= 0.6 is 34.8 Å². The van der Waals surface area contributed by atoms with E-state index in [4.69, 9.17) is 39.2 Å². The number of nitriles is 1. The Balaban J connectivity index is 1.53. The zero-order valence-corrected chi connectivity index (χ0v) is 23.9. The molecule has 0 bridgehead atoms. The standard InChI is InChI=1S/C29H22Cl3N3O4S/c30-23-5-1-20(2-6-23)17-34-29(36)22(16-33)15-26-11-12-27(39-26)19-35(18-21-3-7-24(31)8-4-21)40(37,38)28-13-9-25(32)10-14-28/h1-15H,17-19H2,(H,34,36)/b22-15-. The van der Waals surface area contributed by atoms with Crippen molar-refractivity contribution < 1.29 is 17.6 Å². The van der Waals surface area contributed by atoms with E-state index < -0.39 is 15.9 Å². The lowest BCUT2D eigenvalue weighted by Crippen LogP contribution is -2.30. The summed E-state index contributed by atoms with van der Waals surface area (Å²) in [5, 5.41) is 13.7. The zero-order valence-electron chi connectivity index (χ0n) is 20.9. The van der Waals surface area contributed by atoms with Crippen molar-refractivity contribution in [3.05, 3.63) is 128 Å². The summed E-state index contributed by atoms with van der Waals surface area (Å²) in [7, 11) is -3.95. The van der Waals surface area contributed by atoms with E-state index >= 15 is 0 Å². The molecule has 1 heterocycles. The Bertz CT molecular complexity index is 1660. The van der Waals surface area contributed by atoms with Gasteiger partial charge in [-0.1, -0.05) is 59.1 Å². The van der Waals surface area contributed by atoms with Gasteiger partial charge in [-0.2, -0.15) is 9.57 Å². The number of carbonyl (C=O) groups is 1. The van der Waals surface area contributed by atoms with Crippen molar-refractivity contribution >= 4 is 56.8 Å². The molecule has 0 radical (unpaired) electrons. The van der Waals surface area contributed by atoms with E-state index in [1.54, 1.807) is 60.7 Å². The minimum absolute atomic E-state index is 0.0462. The number of sulfonamides is 1. The number of amides is 1. The fourth-order valence-corrected chi connectivity index (χ4v) is 5.45. The third kappa shape index (κ3) is 7.75. The second-order valence-electron chi connectivity index (χ2n) is 8.64. The molecule has 0 aliphatic rings. The molecule has 0 aliphatic carbocycles. The summed E-state index contributed by atoms with van der Waals surface area (Å²) in [5.74, 6) is -0.0368. The van der Waals surface area contributed by atoms with Gasteiger partial charge in [-0.05, 0) is 71.8 Å². The number of furan rings is 1. The van der Waals surface area contributed by atoms with Crippen molar-refractivity contribution in [2.75, 3.05) is 0 Å². The van der Waals surface area contributed by atoms with E-state index in [2.05, 4.69) is 5.32 Å². The monoisotopic (exact) mass is 613 g/mol. The van der Waals surface area contributed by atoms with Crippen LogP contribution in [0.25, 0.3) is 6.08 Å². The fraction of sp³-hybridized carbons (Fsp3) is 0.103. The molecule has 3 aromatic carbocycles. The van der Waals surface area contributed by atoms with E-state index in [0.717, 1.165) is 11.1 Å². The maximum atomic E-state index is 13.5. The van der Waals surface area contributed by atoms with Crippen molar-refractivity contribution in [1.29, 1.82) is 5.26 Å². The summed E-state index contributed by atoms with van der Waals surface area (Å²) < 4.78 is 34.2. The topological polar surface area (TPSA) is 103 Å².